The molecule has 25 heavy (non-hydrogen) atoms. The standard InChI is InChI=1S/C17H16ClN3O3S/c1-2-7-20-15(10-5-3-4-6-11(10)18)19-21(17(20)25)12-8-13(22)16-23-9-14(12)24-16/h2-6,12,14,16H,1,7-9H2/t12-,14+,16+/m0/s1. The fourth-order valence-electron chi connectivity index (χ4n) is 3.23. The number of benzene rings is 1. The lowest BCUT2D eigenvalue weighted by atomic mass is 10.0. The van der Waals surface area contributed by atoms with Crippen molar-refractivity contribution in [3.63, 3.8) is 0 Å². The number of allylic oxidation sites excluding steroid dienone is 1. The number of halogens is 1. The van der Waals surface area contributed by atoms with E-state index in [1.165, 1.54) is 0 Å². The van der Waals surface area contributed by atoms with Crippen molar-refractivity contribution < 1.29 is 14.3 Å². The van der Waals surface area contributed by atoms with Gasteiger partial charge in [0.05, 0.1) is 17.7 Å². The average molecular weight is 378 g/mol. The van der Waals surface area contributed by atoms with Gasteiger partial charge < -0.3 is 9.47 Å². The summed E-state index contributed by atoms with van der Waals surface area (Å²) >= 11 is 12.0. The van der Waals surface area contributed by atoms with E-state index in [0.717, 1.165) is 5.56 Å². The molecule has 0 N–H and O–H groups in total. The number of ether oxygens (including phenoxy) is 2. The Bertz CT molecular complexity index is 907. The fraction of sp³-hybridized carbons (Fsp3) is 0.353. The largest absolute Gasteiger partial charge is 0.343 e. The predicted molar refractivity (Wildman–Crippen MR) is 95.0 cm³/mol. The zero-order valence-electron chi connectivity index (χ0n) is 13.3. The summed E-state index contributed by atoms with van der Waals surface area (Å²) in [5, 5.41) is 5.27. The Kier molecular flexibility index (Phi) is 4.33. The normalized spacial score (nSPS) is 25.3. The van der Waals surface area contributed by atoms with Crippen molar-refractivity contribution in [3.05, 3.63) is 46.7 Å². The fourth-order valence-corrected chi connectivity index (χ4v) is 3.79. The highest BCUT2D eigenvalue weighted by molar-refractivity contribution is 7.71. The van der Waals surface area contributed by atoms with Crippen molar-refractivity contribution >= 4 is 29.6 Å². The van der Waals surface area contributed by atoms with E-state index in [1.54, 1.807) is 16.8 Å². The molecule has 1 aromatic carbocycles. The Labute approximate surface area is 154 Å². The zero-order valence-corrected chi connectivity index (χ0v) is 14.9. The van der Waals surface area contributed by atoms with E-state index < -0.39 is 6.29 Å². The van der Waals surface area contributed by atoms with E-state index in [2.05, 4.69) is 11.7 Å². The van der Waals surface area contributed by atoms with Gasteiger partial charge in [-0.25, -0.2) is 4.68 Å². The molecule has 2 aliphatic rings. The average Bonchev–Trinajstić information content (AvgIpc) is 3.17. The minimum absolute atomic E-state index is 0.0850. The van der Waals surface area contributed by atoms with Crippen molar-refractivity contribution in [2.24, 2.45) is 0 Å². The highest BCUT2D eigenvalue weighted by Crippen LogP contribution is 2.34. The maximum atomic E-state index is 12.1. The van der Waals surface area contributed by atoms with Gasteiger partial charge in [0.2, 0.25) is 6.29 Å². The van der Waals surface area contributed by atoms with Crippen LogP contribution in [0, 0.1) is 4.77 Å². The molecule has 0 saturated carbocycles. The summed E-state index contributed by atoms with van der Waals surface area (Å²) in [4.78, 5) is 12.1. The SMILES string of the molecule is C=CCn1c(-c2ccccc2Cl)nn([C@H]2CC(=O)[C@@H]3OC[C@H]2O3)c1=S. The van der Waals surface area contributed by atoms with Gasteiger partial charge in [-0.15, -0.1) is 6.58 Å². The number of hydrogen-bond acceptors (Lipinski definition) is 5. The Balaban J connectivity index is 1.83. The van der Waals surface area contributed by atoms with Gasteiger partial charge in [-0.3, -0.25) is 9.36 Å². The second-order valence-corrected chi connectivity index (χ2v) is 6.78. The van der Waals surface area contributed by atoms with E-state index in [1.807, 2.05) is 22.8 Å². The molecule has 0 spiro atoms. The van der Waals surface area contributed by atoms with Gasteiger partial charge in [-0.2, -0.15) is 5.10 Å². The summed E-state index contributed by atoms with van der Waals surface area (Å²) in [7, 11) is 0. The number of carbonyl (C=O) groups is 1. The minimum atomic E-state index is -0.742. The molecule has 0 radical (unpaired) electrons. The Morgan fingerprint density at radius 1 is 1.44 bits per heavy atom. The summed E-state index contributed by atoms with van der Waals surface area (Å²) in [6.45, 7) is 4.64. The van der Waals surface area contributed by atoms with Gasteiger partial charge in [0.25, 0.3) is 0 Å². The molecule has 6 nitrogen and oxygen atoms in total. The van der Waals surface area contributed by atoms with Crippen molar-refractivity contribution in [3.8, 4) is 11.4 Å². The van der Waals surface area contributed by atoms with Crippen LogP contribution in [0.1, 0.15) is 12.5 Å². The second-order valence-electron chi connectivity index (χ2n) is 6.01. The van der Waals surface area contributed by atoms with Gasteiger partial charge in [0.15, 0.2) is 16.4 Å². The maximum Gasteiger partial charge on any atom is 0.218 e. The molecule has 2 aromatic rings. The number of nitrogens with zero attached hydrogens (tertiary/aromatic N) is 3. The van der Waals surface area contributed by atoms with E-state index in [0.29, 0.717) is 28.8 Å². The molecule has 130 valence electrons. The van der Waals surface area contributed by atoms with Gasteiger partial charge in [-0.05, 0) is 24.4 Å². The number of aromatic nitrogens is 3. The number of hydrogen-bond donors (Lipinski definition) is 0. The molecule has 3 heterocycles. The number of fused-ring (bicyclic) bond motifs is 2. The quantitative estimate of drug-likeness (QED) is 0.605. The zero-order chi connectivity index (χ0) is 17.6. The van der Waals surface area contributed by atoms with Crippen LogP contribution in [0.5, 0.6) is 0 Å². The van der Waals surface area contributed by atoms with Crippen molar-refractivity contribution in [1.82, 2.24) is 14.3 Å². The lowest BCUT2D eigenvalue weighted by molar-refractivity contribution is -0.156. The molecule has 1 aromatic heterocycles. The monoisotopic (exact) mass is 377 g/mol. The first kappa shape index (κ1) is 16.7. The van der Waals surface area contributed by atoms with Crippen LogP contribution < -0.4 is 0 Å². The molecule has 0 aliphatic carbocycles. The number of ketones is 1. The molecular formula is C17H16ClN3O3S. The van der Waals surface area contributed by atoms with Crippen LogP contribution in [-0.2, 0) is 20.8 Å². The summed E-state index contributed by atoms with van der Waals surface area (Å²) < 4.78 is 15.1. The van der Waals surface area contributed by atoms with Crippen LogP contribution in [0.15, 0.2) is 36.9 Å². The number of rotatable bonds is 4. The lowest BCUT2D eigenvalue weighted by Gasteiger charge is -2.26. The van der Waals surface area contributed by atoms with Crippen LogP contribution in [0.25, 0.3) is 11.4 Å². The molecule has 0 unspecified atom stereocenters. The Morgan fingerprint density at radius 3 is 3.00 bits per heavy atom. The second kappa shape index (κ2) is 6.49. The highest BCUT2D eigenvalue weighted by atomic mass is 35.5. The van der Waals surface area contributed by atoms with E-state index in [4.69, 9.17) is 33.3 Å². The molecule has 2 fully saturated rings. The first-order valence-corrected chi connectivity index (χ1v) is 8.73. The van der Waals surface area contributed by atoms with Crippen LogP contribution >= 0.6 is 23.8 Å². The van der Waals surface area contributed by atoms with Crippen LogP contribution in [0.3, 0.4) is 0 Å². The van der Waals surface area contributed by atoms with Gasteiger partial charge in [0.1, 0.15) is 6.10 Å². The number of carbonyl (C=O) groups excluding carboxylic acids is 1. The molecule has 0 amide bonds. The minimum Gasteiger partial charge on any atom is -0.343 e. The molecule has 2 aliphatic heterocycles. The van der Waals surface area contributed by atoms with Gasteiger partial charge in [-0.1, -0.05) is 29.8 Å². The smallest absolute Gasteiger partial charge is 0.218 e. The van der Waals surface area contributed by atoms with Crippen molar-refractivity contribution in [1.29, 1.82) is 0 Å². The summed E-state index contributed by atoms with van der Waals surface area (Å²) in [6, 6.07) is 7.16. The van der Waals surface area contributed by atoms with E-state index in [-0.39, 0.29) is 24.3 Å². The molecule has 8 heteroatoms. The summed E-state index contributed by atoms with van der Waals surface area (Å²) in [5.74, 6) is 0.558. The van der Waals surface area contributed by atoms with E-state index in [9.17, 15) is 4.79 Å². The molecule has 3 atom stereocenters. The first-order valence-electron chi connectivity index (χ1n) is 7.95. The summed E-state index contributed by atoms with van der Waals surface area (Å²) in [6.07, 6.45) is 1.06. The van der Waals surface area contributed by atoms with Crippen LogP contribution in [-0.4, -0.2) is 39.1 Å². The Hall–Kier alpha value is -1.80. The van der Waals surface area contributed by atoms with Crippen LogP contribution in [0.4, 0.5) is 0 Å². The summed E-state index contributed by atoms with van der Waals surface area (Å²) in [5.41, 5.74) is 0.777. The van der Waals surface area contributed by atoms with Gasteiger partial charge >= 0.3 is 0 Å². The number of Topliss-reactive ketones (excluding diaryl/α,β-unsaturated/α-hetero) is 1. The first-order chi connectivity index (χ1) is 12.1. The third-order valence-electron chi connectivity index (χ3n) is 4.44. The predicted octanol–water partition coefficient (Wildman–Crippen LogP) is 3.18. The molecule has 2 bridgehead atoms. The van der Waals surface area contributed by atoms with Crippen LogP contribution in [0.2, 0.25) is 5.02 Å². The molecule has 2 saturated heterocycles. The lowest BCUT2D eigenvalue weighted by Crippen LogP contribution is -2.37. The Morgan fingerprint density at radius 2 is 2.24 bits per heavy atom. The van der Waals surface area contributed by atoms with Crippen molar-refractivity contribution in [2.45, 2.75) is 31.4 Å². The molecule has 4 rings (SSSR count). The molecular weight excluding hydrogens is 362 g/mol. The maximum absolute atomic E-state index is 12.1. The third kappa shape index (κ3) is 2.77. The highest BCUT2D eigenvalue weighted by Gasteiger charge is 2.45. The van der Waals surface area contributed by atoms with Gasteiger partial charge in [0, 0.05) is 18.5 Å². The van der Waals surface area contributed by atoms with Crippen molar-refractivity contribution in [2.75, 3.05) is 6.61 Å². The topological polar surface area (TPSA) is 58.3 Å². The van der Waals surface area contributed by atoms with E-state index >= 15 is 0 Å². The third-order valence-corrected chi connectivity index (χ3v) is 5.18.